The van der Waals surface area contributed by atoms with Crippen LogP contribution < -0.4 is 10.0 Å². The highest BCUT2D eigenvalue weighted by Gasteiger charge is 2.11. The van der Waals surface area contributed by atoms with Crippen LogP contribution in [-0.4, -0.2) is 38.1 Å². The summed E-state index contributed by atoms with van der Waals surface area (Å²) in [7, 11) is -3.40. The molecule has 2 aromatic rings. The molecule has 134 valence electrons. The molecule has 0 saturated heterocycles. The minimum Gasteiger partial charge on any atom is -0.462 e. The van der Waals surface area contributed by atoms with Gasteiger partial charge < -0.3 is 10.1 Å². The van der Waals surface area contributed by atoms with E-state index in [0.29, 0.717) is 23.6 Å². The van der Waals surface area contributed by atoms with Crippen molar-refractivity contribution in [2.75, 3.05) is 22.9 Å². The Morgan fingerprint density at radius 3 is 2.52 bits per heavy atom. The van der Waals surface area contributed by atoms with Crippen LogP contribution in [0.25, 0.3) is 0 Å². The maximum atomic E-state index is 12.0. The molecule has 0 bridgehead atoms. The summed E-state index contributed by atoms with van der Waals surface area (Å²) < 4.78 is 29.4. The molecule has 8 nitrogen and oxygen atoms in total. The molecule has 0 radical (unpaired) electrons. The van der Waals surface area contributed by atoms with Crippen molar-refractivity contribution in [1.29, 1.82) is 0 Å². The molecule has 25 heavy (non-hydrogen) atoms. The van der Waals surface area contributed by atoms with Gasteiger partial charge in [-0.1, -0.05) is 0 Å². The fourth-order valence-electron chi connectivity index (χ4n) is 1.87. The van der Waals surface area contributed by atoms with Gasteiger partial charge in [-0.3, -0.25) is 9.52 Å². The van der Waals surface area contributed by atoms with Gasteiger partial charge in [-0.2, -0.15) is 0 Å². The normalized spacial score (nSPS) is 11.0. The number of amides is 1. The molecular formula is C15H17N3O5S2. The first-order valence-corrected chi connectivity index (χ1v) is 10.0. The van der Waals surface area contributed by atoms with Crippen LogP contribution in [0.4, 0.5) is 10.8 Å². The van der Waals surface area contributed by atoms with E-state index < -0.39 is 16.0 Å². The van der Waals surface area contributed by atoms with Crippen molar-refractivity contribution in [2.24, 2.45) is 0 Å². The maximum Gasteiger partial charge on any atom is 0.338 e. The number of nitrogens with one attached hydrogen (secondary N) is 2. The number of hydrogen-bond donors (Lipinski definition) is 2. The zero-order chi connectivity index (χ0) is 18.4. The molecule has 1 aromatic carbocycles. The van der Waals surface area contributed by atoms with Crippen LogP contribution in [-0.2, 0) is 26.0 Å². The van der Waals surface area contributed by atoms with Crippen LogP contribution in [0.15, 0.2) is 29.6 Å². The summed E-state index contributed by atoms with van der Waals surface area (Å²) in [4.78, 5) is 27.6. The highest BCUT2D eigenvalue weighted by atomic mass is 32.2. The van der Waals surface area contributed by atoms with Crippen molar-refractivity contribution < 1.29 is 22.7 Å². The summed E-state index contributed by atoms with van der Waals surface area (Å²) in [6, 6.07) is 6.32. The van der Waals surface area contributed by atoms with Crippen LogP contribution in [0, 0.1) is 0 Å². The Bertz CT molecular complexity index is 860. The topological polar surface area (TPSA) is 114 Å². The van der Waals surface area contributed by atoms with E-state index in [1.54, 1.807) is 36.6 Å². The second kappa shape index (κ2) is 8.08. The number of sulfonamides is 1. The van der Waals surface area contributed by atoms with Gasteiger partial charge >= 0.3 is 5.97 Å². The average Bonchev–Trinajstić information content (AvgIpc) is 2.92. The largest absolute Gasteiger partial charge is 0.462 e. The summed E-state index contributed by atoms with van der Waals surface area (Å²) in [6.07, 6.45) is 1.03. The number of benzene rings is 1. The third-order valence-electron chi connectivity index (χ3n) is 2.85. The summed E-state index contributed by atoms with van der Waals surface area (Å²) in [5, 5.41) is 4.50. The van der Waals surface area contributed by atoms with E-state index in [9.17, 15) is 18.0 Å². The lowest BCUT2D eigenvalue weighted by molar-refractivity contribution is -0.115. The first kappa shape index (κ1) is 18.9. The SMILES string of the molecule is CCOC(=O)c1ccc(NC(=O)Cc2csc(NS(C)(=O)=O)n2)cc1. The van der Waals surface area contributed by atoms with Crippen LogP contribution in [0.2, 0.25) is 0 Å². The number of esters is 1. The first-order valence-electron chi connectivity index (χ1n) is 7.26. The zero-order valence-corrected chi connectivity index (χ0v) is 15.2. The van der Waals surface area contributed by atoms with Gasteiger partial charge in [0.2, 0.25) is 15.9 Å². The van der Waals surface area contributed by atoms with Crippen molar-refractivity contribution >= 4 is 44.1 Å². The van der Waals surface area contributed by atoms with Crippen LogP contribution >= 0.6 is 11.3 Å². The maximum absolute atomic E-state index is 12.0. The van der Waals surface area contributed by atoms with Gasteiger partial charge in [-0.05, 0) is 31.2 Å². The first-order chi connectivity index (χ1) is 11.8. The molecule has 1 heterocycles. The van der Waals surface area contributed by atoms with Crippen molar-refractivity contribution in [3.63, 3.8) is 0 Å². The monoisotopic (exact) mass is 383 g/mol. The summed E-state index contributed by atoms with van der Waals surface area (Å²) in [5.41, 5.74) is 1.38. The molecule has 0 spiro atoms. The van der Waals surface area contributed by atoms with Crippen molar-refractivity contribution in [1.82, 2.24) is 4.98 Å². The van der Waals surface area contributed by atoms with E-state index in [1.165, 1.54) is 0 Å². The van der Waals surface area contributed by atoms with Crippen molar-refractivity contribution in [2.45, 2.75) is 13.3 Å². The fraction of sp³-hybridized carbons (Fsp3) is 0.267. The van der Waals surface area contributed by atoms with Gasteiger partial charge in [0.25, 0.3) is 0 Å². The predicted molar refractivity (Wildman–Crippen MR) is 95.3 cm³/mol. The molecular weight excluding hydrogens is 366 g/mol. The van der Waals surface area contributed by atoms with E-state index in [-0.39, 0.29) is 17.5 Å². The second-order valence-corrected chi connectivity index (χ2v) is 7.65. The molecule has 0 aliphatic rings. The summed E-state index contributed by atoms with van der Waals surface area (Å²) >= 11 is 1.10. The minimum atomic E-state index is -3.40. The molecule has 0 saturated carbocycles. The zero-order valence-electron chi connectivity index (χ0n) is 13.6. The van der Waals surface area contributed by atoms with Gasteiger partial charge in [0.05, 0.1) is 30.5 Å². The number of carbonyl (C=O) groups excluding carboxylic acids is 2. The highest BCUT2D eigenvalue weighted by molar-refractivity contribution is 7.92. The third-order valence-corrected chi connectivity index (χ3v) is 4.35. The van der Waals surface area contributed by atoms with Gasteiger partial charge in [0.15, 0.2) is 5.13 Å². The summed E-state index contributed by atoms with van der Waals surface area (Å²) in [5.74, 6) is -0.728. The molecule has 1 aromatic heterocycles. The van der Waals surface area contributed by atoms with Crippen LogP contribution in [0.5, 0.6) is 0 Å². The number of anilines is 2. The Hall–Kier alpha value is -2.46. The van der Waals surface area contributed by atoms with Crippen LogP contribution in [0.1, 0.15) is 23.0 Å². The number of nitrogens with zero attached hydrogens (tertiary/aromatic N) is 1. The molecule has 10 heteroatoms. The van der Waals surface area contributed by atoms with Gasteiger partial charge in [0.1, 0.15) is 0 Å². The van der Waals surface area contributed by atoms with E-state index >= 15 is 0 Å². The Morgan fingerprint density at radius 1 is 1.24 bits per heavy atom. The minimum absolute atomic E-state index is 0.00156. The number of thiazole rings is 1. The van der Waals surface area contributed by atoms with Gasteiger partial charge in [-0.25, -0.2) is 18.2 Å². The van der Waals surface area contributed by atoms with Crippen molar-refractivity contribution in [3.05, 3.63) is 40.9 Å². The smallest absolute Gasteiger partial charge is 0.338 e. The standard InChI is InChI=1S/C15H17N3O5S2/c1-3-23-14(20)10-4-6-11(7-5-10)16-13(19)8-12-9-24-15(17-12)18-25(2,21)22/h4-7,9H,3,8H2,1-2H3,(H,16,19)(H,17,18). The second-order valence-electron chi connectivity index (χ2n) is 5.04. The quantitative estimate of drug-likeness (QED) is 0.706. The third kappa shape index (κ3) is 6.16. The lowest BCUT2D eigenvalue weighted by Crippen LogP contribution is -2.15. The van der Waals surface area contributed by atoms with E-state index in [4.69, 9.17) is 4.74 Å². The van der Waals surface area contributed by atoms with E-state index in [1.807, 2.05) is 0 Å². The molecule has 0 fully saturated rings. The van der Waals surface area contributed by atoms with Gasteiger partial charge in [0, 0.05) is 11.1 Å². The Labute approximate surface area is 149 Å². The molecule has 0 unspecified atom stereocenters. The fourth-order valence-corrected chi connectivity index (χ4v) is 3.43. The molecule has 2 N–H and O–H groups in total. The molecule has 0 atom stereocenters. The lowest BCUT2D eigenvalue weighted by Gasteiger charge is -2.06. The number of carbonyl (C=O) groups is 2. The molecule has 0 aliphatic heterocycles. The van der Waals surface area contributed by atoms with E-state index in [2.05, 4.69) is 15.0 Å². The Morgan fingerprint density at radius 2 is 1.92 bits per heavy atom. The van der Waals surface area contributed by atoms with Gasteiger partial charge in [-0.15, -0.1) is 11.3 Å². The highest BCUT2D eigenvalue weighted by Crippen LogP contribution is 2.17. The summed E-state index contributed by atoms with van der Waals surface area (Å²) in [6.45, 7) is 2.02. The van der Waals surface area contributed by atoms with Crippen LogP contribution in [0.3, 0.4) is 0 Å². The Balaban J connectivity index is 1.93. The molecule has 2 rings (SSSR count). The number of ether oxygens (including phenoxy) is 1. The average molecular weight is 383 g/mol. The Kier molecular flexibility index (Phi) is 6.10. The number of aromatic nitrogens is 1. The number of rotatable bonds is 7. The van der Waals surface area contributed by atoms with E-state index in [0.717, 1.165) is 17.6 Å². The molecule has 1 amide bonds. The lowest BCUT2D eigenvalue weighted by atomic mass is 10.2. The molecule has 0 aliphatic carbocycles. The predicted octanol–water partition coefficient (Wildman–Crippen LogP) is 1.87. The van der Waals surface area contributed by atoms with Crippen molar-refractivity contribution in [3.8, 4) is 0 Å². The number of hydrogen-bond acceptors (Lipinski definition) is 7.